The lowest BCUT2D eigenvalue weighted by atomic mass is 10.2. The zero-order valence-electron chi connectivity index (χ0n) is 23.6. The quantitative estimate of drug-likeness (QED) is 0.341. The number of hydrogen-bond acceptors (Lipinski definition) is 7. The van der Waals surface area contributed by atoms with E-state index in [-0.39, 0.29) is 28.8 Å². The van der Waals surface area contributed by atoms with Crippen LogP contribution < -0.4 is 26.6 Å². The van der Waals surface area contributed by atoms with Crippen LogP contribution in [0.4, 0.5) is 14.5 Å². The first-order valence-electron chi connectivity index (χ1n) is 13.0. The number of hydrogen-bond donors (Lipinski definition) is 3. The van der Waals surface area contributed by atoms with Crippen LogP contribution in [0, 0.1) is 17.0 Å². The molecule has 0 aliphatic carbocycles. The molecule has 1 aliphatic rings. The van der Waals surface area contributed by atoms with Gasteiger partial charge in [-0.1, -0.05) is 0 Å². The molecule has 1 aromatic heterocycles. The Labute approximate surface area is 244 Å². The topological polar surface area (TPSA) is 139 Å². The van der Waals surface area contributed by atoms with E-state index in [4.69, 9.17) is 10.1 Å². The number of aromatic nitrogens is 2. The van der Waals surface area contributed by atoms with Crippen LogP contribution in [0.25, 0.3) is 5.69 Å². The lowest BCUT2D eigenvalue weighted by Gasteiger charge is -2.23. The van der Waals surface area contributed by atoms with E-state index < -0.39 is 40.4 Å². The number of rotatable bonds is 8. The number of anilines is 1. The van der Waals surface area contributed by atoms with E-state index in [0.29, 0.717) is 11.4 Å². The molecule has 0 bridgehead atoms. The lowest BCUT2D eigenvalue weighted by Crippen LogP contribution is -2.42. The number of carbonyl (C=O) groups is 2. The third-order valence-corrected chi connectivity index (χ3v) is 6.44. The maximum atomic E-state index is 15.2. The fraction of sp³-hybridized carbons (Fsp3) is 0.167. The monoisotopic (exact) mass is 590 g/mol. The second kappa shape index (κ2) is 12.5. The van der Waals surface area contributed by atoms with Gasteiger partial charge in [-0.25, -0.2) is 18.1 Å². The number of nitrogens with one attached hydrogen (secondary N) is 3. The Morgan fingerprint density at radius 2 is 1.81 bits per heavy atom. The highest BCUT2D eigenvalue weighted by molar-refractivity contribution is 6.03. The van der Waals surface area contributed by atoms with Gasteiger partial charge in [-0.2, -0.15) is 0 Å². The van der Waals surface area contributed by atoms with E-state index in [1.807, 2.05) is 0 Å². The lowest BCUT2D eigenvalue weighted by molar-refractivity contribution is -0.125. The van der Waals surface area contributed by atoms with Gasteiger partial charge in [-0.15, -0.1) is 0 Å². The largest absolute Gasteiger partial charge is 0.452 e. The van der Waals surface area contributed by atoms with Crippen LogP contribution in [0.3, 0.4) is 0 Å². The highest BCUT2D eigenvalue weighted by Crippen LogP contribution is 2.27. The first kappa shape index (κ1) is 30.4. The van der Waals surface area contributed by atoms with Crippen molar-refractivity contribution in [3.05, 3.63) is 122 Å². The van der Waals surface area contributed by atoms with Crippen molar-refractivity contribution in [2.75, 3.05) is 12.4 Å². The predicted octanol–water partition coefficient (Wildman–Crippen LogP) is 3.83. The molecule has 0 saturated carbocycles. The van der Waals surface area contributed by atoms with Crippen LogP contribution in [0.1, 0.15) is 37.2 Å². The van der Waals surface area contributed by atoms with Crippen molar-refractivity contribution in [3.63, 3.8) is 0 Å². The minimum atomic E-state index is -0.937. The summed E-state index contributed by atoms with van der Waals surface area (Å²) in [5.41, 5.74) is -1.21. The Hall–Kier alpha value is -5.59. The van der Waals surface area contributed by atoms with Crippen molar-refractivity contribution in [2.45, 2.75) is 26.8 Å². The number of likely N-dealkylation sites (N-methyl/N-ethyl adjacent to an activating group) is 1. The molecular formula is C30H28F2N6O5. The Morgan fingerprint density at radius 3 is 2.42 bits per heavy atom. The third kappa shape index (κ3) is 6.50. The molecular weight excluding hydrogens is 562 g/mol. The van der Waals surface area contributed by atoms with E-state index in [1.54, 1.807) is 20.9 Å². The molecule has 0 fully saturated rings. The number of carbonyl (C=O) groups excluding carboxylic acids is 2. The zero-order chi connectivity index (χ0) is 31.4. The van der Waals surface area contributed by atoms with Crippen LogP contribution in [0.2, 0.25) is 0 Å². The summed E-state index contributed by atoms with van der Waals surface area (Å²) in [6, 6.07) is 7.82. The van der Waals surface area contributed by atoms with E-state index >= 15 is 4.39 Å². The summed E-state index contributed by atoms with van der Waals surface area (Å²) >= 11 is 0. The maximum absolute atomic E-state index is 15.2. The molecule has 222 valence electrons. The number of dihydropyridines is 1. The molecule has 11 nitrogen and oxygen atoms in total. The predicted molar refractivity (Wildman–Crippen MR) is 156 cm³/mol. The Bertz CT molecular complexity index is 1820. The minimum absolute atomic E-state index is 0.00668. The van der Waals surface area contributed by atoms with Crippen LogP contribution in [-0.4, -0.2) is 39.1 Å². The third-order valence-electron chi connectivity index (χ3n) is 6.44. The molecule has 0 unspecified atom stereocenters. The van der Waals surface area contributed by atoms with Crippen molar-refractivity contribution in [3.8, 4) is 11.4 Å². The van der Waals surface area contributed by atoms with Crippen LogP contribution in [0.5, 0.6) is 5.75 Å². The van der Waals surface area contributed by atoms with Gasteiger partial charge in [0.1, 0.15) is 11.4 Å². The van der Waals surface area contributed by atoms with E-state index in [9.17, 15) is 23.6 Å². The Kier molecular flexibility index (Phi) is 8.84. The molecule has 1 aliphatic heterocycles. The average molecular weight is 591 g/mol. The SMILES string of the molecule is CC(=O)N(C)C1=CN/C(=C\C=N)C(Oc2ccc(NC(=O)c3cn(C(C)C)c(=O)n(-c4ccc(F)cc4)c3=O)cc2F)=C1. The fourth-order valence-corrected chi connectivity index (χ4v) is 4.04. The van der Waals surface area contributed by atoms with Gasteiger partial charge in [0.25, 0.3) is 11.5 Å². The van der Waals surface area contributed by atoms with Gasteiger partial charge in [0.2, 0.25) is 5.91 Å². The molecule has 3 N–H and O–H groups in total. The van der Waals surface area contributed by atoms with Crippen molar-refractivity contribution in [1.29, 1.82) is 5.41 Å². The van der Waals surface area contributed by atoms with Crippen molar-refractivity contribution < 1.29 is 23.1 Å². The standard InChI is InChI=1S/C30H28F2N6O5/c1-17(2)37-16-23(29(41)38(30(37)42)21-8-5-19(31)6-9-21)28(40)35-20-7-10-26(24(32)13-20)43-27-14-22(36(4)18(3)39)15-34-25(27)11-12-33/h5-17,33-34H,1-4H3,(H,35,40)/b25-11-,33-12?. The summed E-state index contributed by atoms with van der Waals surface area (Å²) in [7, 11) is 1.55. The first-order valence-corrected chi connectivity index (χ1v) is 13.0. The molecule has 4 rings (SSSR count). The Balaban J connectivity index is 1.64. The van der Waals surface area contributed by atoms with Crippen molar-refractivity contribution in [1.82, 2.24) is 19.4 Å². The molecule has 0 saturated heterocycles. The van der Waals surface area contributed by atoms with Gasteiger partial charge in [-0.05, 0) is 56.3 Å². The number of benzene rings is 2. The van der Waals surface area contributed by atoms with Crippen LogP contribution in [-0.2, 0) is 4.79 Å². The zero-order valence-corrected chi connectivity index (χ0v) is 23.6. The minimum Gasteiger partial charge on any atom is -0.452 e. The summed E-state index contributed by atoms with van der Waals surface area (Å²) < 4.78 is 36.3. The number of amides is 2. The summed E-state index contributed by atoms with van der Waals surface area (Å²) in [5, 5.41) is 12.7. The number of ether oxygens (including phenoxy) is 1. The second-order valence-corrected chi connectivity index (χ2v) is 9.69. The summed E-state index contributed by atoms with van der Waals surface area (Å²) in [6.07, 6.45) is 6.55. The maximum Gasteiger partial charge on any atom is 0.335 e. The highest BCUT2D eigenvalue weighted by Gasteiger charge is 2.22. The smallest absolute Gasteiger partial charge is 0.335 e. The number of nitrogens with zero attached hydrogens (tertiary/aromatic N) is 3. The first-order chi connectivity index (χ1) is 20.4. The molecule has 43 heavy (non-hydrogen) atoms. The number of allylic oxidation sites excluding steroid dienone is 2. The Morgan fingerprint density at radius 1 is 1.12 bits per heavy atom. The molecule has 0 radical (unpaired) electrons. The van der Waals surface area contributed by atoms with Gasteiger partial charge in [0.15, 0.2) is 17.3 Å². The van der Waals surface area contributed by atoms with E-state index in [0.717, 1.165) is 35.2 Å². The molecule has 13 heteroatoms. The number of halogens is 2. The van der Waals surface area contributed by atoms with Gasteiger partial charge in [-0.3, -0.25) is 19.0 Å². The molecule has 2 amide bonds. The highest BCUT2D eigenvalue weighted by atomic mass is 19.1. The van der Waals surface area contributed by atoms with Gasteiger partial charge < -0.3 is 25.7 Å². The normalized spacial score (nSPS) is 13.6. The fourth-order valence-electron chi connectivity index (χ4n) is 4.04. The second-order valence-electron chi connectivity index (χ2n) is 9.69. The van der Waals surface area contributed by atoms with E-state index in [1.165, 1.54) is 59.0 Å². The van der Waals surface area contributed by atoms with Crippen LogP contribution >= 0.6 is 0 Å². The van der Waals surface area contributed by atoms with Crippen molar-refractivity contribution in [2.24, 2.45) is 0 Å². The van der Waals surface area contributed by atoms with Crippen molar-refractivity contribution >= 4 is 23.7 Å². The van der Waals surface area contributed by atoms with Gasteiger partial charge in [0, 0.05) is 56.5 Å². The summed E-state index contributed by atoms with van der Waals surface area (Å²) in [4.78, 5) is 52.6. The van der Waals surface area contributed by atoms with Gasteiger partial charge in [0.05, 0.1) is 17.1 Å². The van der Waals surface area contributed by atoms with Crippen LogP contribution in [0.15, 0.2) is 93.8 Å². The molecule has 0 spiro atoms. The average Bonchev–Trinajstić information content (AvgIpc) is 2.95. The summed E-state index contributed by atoms with van der Waals surface area (Å²) in [5.74, 6) is -2.67. The molecule has 0 atom stereocenters. The molecule has 3 aromatic rings. The molecule has 2 heterocycles. The van der Waals surface area contributed by atoms with E-state index in [2.05, 4.69) is 10.6 Å². The molecule has 2 aromatic carbocycles. The van der Waals surface area contributed by atoms with Gasteiger partial charge >= 0.3 is 5.69 Å². The summed E-state index contributed by atoms with van der Waals surface area (Å²) in [6.45, 7) is 4.75.